The summed E-state index contributed by atoms with van der Waals surface area (Å²) in [6.45, 7) is 7.66. The van der Waals surface area contributed by atoms with Gasteiger partial charge < -0.3 is 4.90 Å². The van der Waals surface area contributed by atoms with E-state index < -0.39 is 0 Å². The number of halogens is 2. The minimum atomic E-state index is -0.0162. The van der Waals surface area contributed by atoms with Gasteiger partial charge in [0.1, 0.15) is 0 Å². The van der Waals surface area contributed by atoms with Gasteiger partial charge in [0.25, 0.3) is 5.91 Å². The van der Waals surface area contributed by atoms with Crippen LogP contribution in [-0.2, 0) is 0 Å². The van der Waals surface area contributed by atoms with Crippen LogP contribution >= 0.6 is 39.7 Å². The van der Waals surface area contributed by atoms with Gasteiger partial charge in [-0.15, -0.1) is 12.4 Å². The fourth-order valence-corrected chi connectivity index (χ4v) is 4.21. The highest BCUT2D eigenvalue weighted by atomic mass is 79.9. The number of anilines is 1. The van der Waals surface area contributed by atoms with Crippen LogP contribution in [0.1, 0.15) is 24.2 Å². The molecule has 4 nitrogen and oxygen atoms in total. The maximum atomic E-state index is 13.2. The molecule has 1 amide bonds. The molecular weight excluding hydrogens is 446 g/mol. The Morgan fingerprint density at radius 1 is 1.07 bits per heavy atom. The average molecular weight is 469 g/mol. The number of amides is 1. The summed E-state index contributed by atoms with van der Waals surface area (Å²) in [4.78, 5) is 22.0. The third kappa shape index (κ3) is 5.29. The van der Waals surface area contributed by atoms with E-state index in [0.717, 1.165) is 39.5 Å². The summed E-state index contributed by atoms with van der Waals surface area (Å²) in [7, 11) is 0. The number of carbonyl (C=O) groups is 1. The van der Waals surface area contributed by atoms with Gasteiger partial charge in [0.05, 0.1) is 10.2 Å². The molecule has 0 bridgehead atoms. The first kappa shape index (κ1) is 21.8. The smallest absolute Gasteiger partial charge is 0.260 e. The summed E-state index contributed by atoms with van der Waals surface area (Å²) in [6, 6.07) is 15.5. The van der Waals surface area contributed by atoms with Crippen LogP contribution in [0.3, 0.4) is 0 Å². The predicted octanol–water partition coefficient (Wildman–Crippen LogP) is 5.47. The normalized spacial score (nSPS) is 10.8. The highest BCUT2D eigenvalue weighted by Gasteiger charge is 2.22. The van der Waals surface area contributed by atoms with Crippen molar-refractivity contribution in [2.45, 2.75) is 13.8 Å². The van der Waals surface area contributed by atoms with Gasteiger partial charge in [-0.3, -0.25) is 9.69 Å². The molecule has 27 heavy (non-hydrogen) atoms. The Bertz CT molecular complexity index is 865. The number of likely N-dealkylation sites (N-methyl/N-ethyl adjacent to an activating group) is 1. The minimum absolute atomic E-state index is 0. The Hall–Kier alpha value is -1.47. The molecule has 0 saturated carbocycles. The molecule has 3 aromatic rings. The van der Waals surface area contributed by atoms with E-state index in [1.165, 1.54) is 0 Å². The molecular formula is C20H23BrClN3OS. The van der Waals surface area contributed by atoms with Crippen molar-refractivity contribution < 1.29 is 4.79 Å². The van der Waals surface area contributed by atoms with Crippen LogP contribution < -0.4 is 4.90 Å². The van der Waals surface area contributed by atoms with Crippen LogP contribution in [0.2, 0.25) is 0 Å². The van der Waals surface area contributed by atoms with Gasteiger partial charge in [0, 0.05) is 23.1 Å². The monoisotopic (exact) mass is 467 g/mol. The maximum absolute atomic E-state index is 13.2. The third-order valence-electron chi connectivity index (χ3n) is 4.36. The van der Waals surface area contributed by atoms with Crippen LogP contribution in [0.25, 0.3) is 10.2 Å². The van der Waals surface area contributed by atoms with E-state index in [0.29, 0.717) is 12.1 Å². The fraction of sp³-hybridized carbons (Fsp3) is 0.300. The second-order valence-corrected chi connectivity index (χ2v) is 7.88. The standard InChI is InChI=1S/C20H22BrN3OS.ClH/c1-3-23(4-2)12-13-24(19(25)15-8-7-9-16(21)14-15)20-22-17-10-5-6-11-18(17)26-20;/h5-11,14H,3-4,12-13H2,1-2H3;1H. The van der Waals surface area contributed by atoms with E-state index >= 15 is 0 Å². The molecule has 0 aliphatic rings. The summed E-state index contributed by atoms with van der Waals surface area (Å²) in [5.41, 5.74) is 1.60. The number of para-hydroxylation sites is 1. The number of hydrogen-bond acceptors (Lipinski definition) is 4. The lowest BCUT2D eigenvalue weighted by molar-refractivity contribution is 0.0983. The molecule has 1 heterocycles. The number of thiazole rings is 1. The zero-order valence-electron chi connectivity index (χ0n) is 15.4. The minimum Gasteiger partial charge on any atom is -0.302 e. The van der Waals surface area contributed by atoms with Gasteiger partial charge in [-0.1, -0.05) is 59.3 Å². The summed E-state index contributed by atoms with van der Waals surface area (Å²) in [5, 5.41) is 0.753. The highest BCUT2D eigenvalue weighted by Crippen LogP contribution is 2.29. The molecule has 0 radical (unpaired) electrons. The molecule has 0 fully saturated rings. The van der Waals surface area contributed by atoms with Gasteiger partial charge in [-0.05, 0) is 43.4 Å². The predicted molar refractivity (Wildman–Crippen MR) is 120 cm³/mol. The number of rotatable bonds is 7. The molecule has 2 aromatic carbocycles. The molecule has 0 aliphatic carbocycles. The van der Waals surface area contributed by atoms with Gasteiger partial charge in [-0.2, -0.15) is 0 Å². The van der Waals surface area contributed by atoms with Crippen molar-refractivity contribution >= 4 is 60.9 Å². The average Bonchev–Trinajstić information content (AvgIpc) is 3.08. The summed E-state index contributed by atoms with van der Waals surface area (Å²) >= 11 is 5.02. The molecule has 0 unspecified atom stereocenters. The van der Waals surface area contributed by atoms with Gasteiger partial charge in [-0.25, -0.2) is 4.98 Å². The zero-order valence-corrected chi connectivity index (χ0v) is 18.6. The van der Waals surface area contributed by atoms with Crippen molar-refractivity contribution in [1.82, 2.24) is 9.88 Å². The Morgan fingerprint density at radius 2 is 1.81 bits per heavy atom. The first-order valence-corrected chi connectivity index (χ1v) is 10.4. The molecule has 0 atom stereocenters. The van der Waals surface area contributed by atoms with E-state index in [4.69, 9.17) is 4.98 Å². The van der Waals surface area contributed by atoms with Crippen LogP contribution in [0.15, 0.2) is 53.0 Å². The third-order valence-corrected chi connectivity index (χ3v) is 5.92. The zero-order chi connectivity index (χ0) is 18.5. The molecule has 3 rings (SSSR count). The number of fused-ring (bicyclic) bond motifs is 1. The maximum Gasteiger partial charge on any atom is 0.260 e. The quantitative estimate of drug-likeness (QED) is 0.461. The van der Waals surface area contributed by atoms with E-state index in [1.54, 1.807) is 11.3 Å². The van der Waals surface area contributed by atoms with Crippen LogP contribution in [0, 0.1) is 0 Å². The van der Waals surface area contributed by atoms with Crippen LogP contribution in [-0.4, -0.2) is 42.0 Å². The number of aromatic nitrogens is 1. The second-order valence-electron chi connectivity index (χ2n) is 5.96. The van der Waals surface area contributed by atoms with Crippen molar-refractivity contribution in [2.24, 2.45) is 0 Å². The van der Waals surface area contributed by atoms with E-state index in [-0.39, 0.29) is 18.3 Å². The number of nitrogens with zero attached hydrogens (tertiary/aromatic N) is 3. The molecule has 0 spiro atoms. The summed E-state index contributed by atoms with van der Waals surface area (Å²) < 4.78 is 1.99. The second kappa shape index (κ2) is 10.2. The summed E-state index contributed by atoms with van der Waals surface area (Å²) in [6.07, 6.45) is 0. The molecule has 0 aliphatic heterocycles. The fourth-order valence-electron chi connectivity index (χ4n) is 2.82. The Kier molecular flexibility index (Phi) is 8.23. The lowest BCUT2D eigenvalue weighted by atomic mass is 10.2. The van der Waals surface area contributed by atoms with E-state index in [1.807, 2.05) is 53.4 Å². The van der Waals surface area contributed by atoms with Crippen LogP contribution in [0.5, 0.6) is 0 Å². The Morgan fingerprint density at radius 3 is 2.48 bits per heavy atom. The number of benzene rings is 2. The molecule has 0 N–H and O–H groups in total. The molecule has 7 heteroatoms. The van der Waals surface area contributed by atoms with E-state index in [2.05, 4.69) is 34.7 Å². The van der Waals surface area contributed by atoms with Crippen LogP contribution in [0.4, 0.5) is 5.13 Å². The molecule has 0 saturated heterocycles. The Labute approximate surface area is 178 Å². The van der Waals surface area contributed by atoms with E-state index in [9.17, 15) is 4.79 Å². The highest BCUT2D eigenvalue weighted by molar-refractivity contribution is 9.10. The van der Waals surface area contributed by atoms with Crippen molar-refractivity contribution in [3.05, 3.63) is 58.6 Å². The van der Waals surface area contributed by atoms with Gasteiger partial charge in [0.2, 0.25) is 0 Å². The van der Waals surface area contributed by atoms with Gasteiger partial charge >= 0.3 is 0 Å². The lowest BCUT2D eigenvalue weighted by Crippen LogP contribution is -2.38. The van der Waals surface area contributed by atoms with Crippen molar-refractivity contribution in [2.75, 3.05) is 31.1 Å². The SMILES string of the molecule is CCN(CC)CCN(C(=O)c1cccc(Br)c1)c1nc2ccccc2s1.Cl. The number of carbonyl (C=O) groups excluding carboxylic acids is 1. The Balaban J connectivity index is 0.00000261. The van der Waals surface area contributed by atoms with Gasteiger partial charge in [0.15, 0.2) is 5.13 Å². The topological polar surface area (TPSA) is 36.4 Å². The lowest BCUT2D eigenvalue weighted by Gasteiger charge is -2.24. The largest absolute Gasteiger partial charge is 0.302 e. The molecule has 1 aromatic heterocycles. The van der Waals surface area contributed by atoms with Crippen molar-refractivity contribution in [3.63, 3.8) is 0 Å². The first-order chi connectivity index (χ1) is 12.6. The van der Waals surface area contributed by atoms with Crippen molar-refractivity contribution in [1.29, 1.82) is 0 Å². The summed E-state index contributed by atoms with van der Waals surface area (Å²) in [5.74, 6) is -0.0162. The van der Waals surface area contributed by atoms with Crippen molar-refractivity contribution in [3.8, 4) is 0 Å². The molecule has 144 valence electrons. The number of hydrogen-bond donors (Lipinski definition) is 0. The first-order valence-electron chi connectivity index (χ1n) is 8.77.